The van der Waals surface area contributed by atoms with Crippen molar-refractivity contribution in [3.63, 3.8) is 0 Å². The Balaban J connectivity index is 0.00000363. The number of benzene rings is 2. The lowest BCUT2D eigenvalue weighted by molar-refractivity contribution is -0.115. The molecule has 1 heterocycles. The van der Waals surface area contributed by atoms with Gasteiger partial charge in [0.1, 0.15) is 0 Å². The van der Waals surface area contributed by atoms with Gasteiger partial charge in [-0.05, 0) is 49.2 Å². The van der Waals surface area contributed by atoms with Crippen molar-refractivity contribution in [1.29, 1.82) is 0 Å². The van der Waals surface area contributed by atoms with Crippen molar-refractivity contribution in [3.05, 3.63) is 65.0 Å². The van der Waals surface area contributed by atoms with Crippen molar-refractivity contribution in [2.24, 2.45) is 4.99 Å². The number of rotatable bonds is 7. The Hall–Kier alpha value is -2.34. The topological polar surface area (TPSA) is 68.8 Å². The third-order valence-electron chi connectivity index (χ3n) is 5.04. The van der Waals surface area contributed by atoms with Gasteiger partial charge in [-0.1, -0.05) is 24.3 Å². The van der Waals surface area contributed by atoms with E-state index in [9.17, 15) is 18.0 Å². The number of anilines is 1. The van der Waals surface area contributed by atoms with Gasteiger partial charge < -0.3 is 16.0 Å². The van der Waals surface area contributed by atoms with Gasteiger partial charge in [-0.3, -0.25) is 14.7 Å². The fraction of sp³-hybridized carbons (Fsp3) is 0.364. The highest BCUT2D eigenvalue weighted by atomic mass is 127. The van der Waals surface area contributed by atoms with Crippen LogP contribution in [0.2, 0.25) is 0 Å². The molecule has 0 saturated carbocycles. The van der Waals surface area contributed by atoms with E-state index in [1.54, 1.807) is 7.05 Å². The number of amides is 1. The molecule has 0 atom stereocenters. The number of nitrogens with one attached hydrogen (secondary N) is 3. The van der Waals surface area contributed by atoms with Crippen LogP contribution in [0, 0.1) is 17.5 Å². The first kappa shape index (κ1) is 25.9. The van der Waals surface area contributed by atoms with Crippen LogP contribution < -0.4 is 16.0 Å². The van der Waals surface area contributed by atoms with Crippen LogP contribution >= 0.6 is 24.0 Å². The molecule has 0 bridgehead atoms. The number of halogens is 4. The van der Waals surface area contributed by atoms with Gasteiger partial charge in [0.05, 0.1) is 12.2 Å². The molecule has 3 rings (SSSR count). The number of hydrogen-bond acceptors (Lipinski definition) is 3. The van der Waals surface area contributed by atoms with Gasteiger partial charge in [0.25, 0.3) is 0 Å². The first-order valence-corrected chi connectivity index (χ1v) is 10.1. The first-order valence-electron chi connectivity index (χ1n) is 10.1. The summed E-state index contributed by atoms with van der Waals surface area (Å²) in [6.45, 7) is 3.55. The molecule has 0 aromatic heterocycles. The quantitative estimate of drug-likeness (QED) is 0.209. The summed E-state index contributed by atoms with van der Waals surface area (Å²) < 4.78 is 39.9. The van der Waals surface area contributed by atoms with Crippen LogP contribution in [0.5, 0.6) is 0 Å². The highest BCUT2D eigenvalue weighted by Gasteiger charge is 2.15. The summed E-state index contributed by atoms with van der Waals surface area (Å²) in [5.41, 5.74) is 1.90. The summed E-state index contributed by atoms with van der Waals surface area (Å²) in [4.78, 5) is 18.5. The summed E-state index contributed by atoms with van der Waals surface area (Å²) in [5, 5.41) is 8.08. The van der Waals surface area contributed by atoms with Gasteiger partial charge >= 0.3 is 0 Å². The van der Waals surface area contributed by atoms with Crippen LogP contribution in [0.25, 0.3) is 0 Å². The maximum Gasteiger partial charge on any atom is 0.243 e. The van der Waals surface area contributed by atoms with E-state index in [2.05, 4.69) is 38.0 Å². The fourth-order valence-electron chi connectivity index (χ4n) is 3.35. The Kier molecular flexibility index (Phi) is 10.2. The molecule has 1 aliphatic rings. The van der Waals surface area contributed by atoms with Crippen LogP contribution in [0.1, 0.15) is 24.0 Å². The van der Waals surface area contributed by atoms with Crippen molar-refractivity contribution in [3.8, 4) is 0 Å². The van der Waals surface area contributed by atoms with Crippen molar-refractivity contribution in [2.75, 3.05) is 32.0 Å². The highest BCUT2D eigenvalue weighted by molar-refractivity contribution is 14.0. The second-order valence-corrected chi connectivity index (χ2v) is 7.35. The molecule has 1 amide bonds. The van der Waals surface area contributed by atoms with Crippen molar-refractivity contribution >= 4 is 41.5 Å². The van der Waals surface area contributed by atoms with Gasteiger partial charge in [0.15, 0.2) is 23.4 Å². The summed E-state index contributed by atoms with van der Waals surface area (Å²) in [6, 6.07) is 10.0. The van der Waals surface area contributed by atoms with Gasteiger partial charge in [-0.25, -0.2) is 13.2 Å². The lowest BCUT2D eigenvalue weighted by Gasteiger charge is -2.15. The molecule has 10 heteroatoms. The molecule has 0 spiro atoms. The average Bonchev–Trinajstić information content (AvgIpc) is 3.28. The van der Waals surface area contributed by atoms with Crippen molar-refractivity contribution in [2.45, 2.75) is 25.9 Å². The minimum Gasteiger partial charge on any atom is -0.352 e. The summed E-state index contributed by atoms with van der Waals surface area (Å²) in [5.74, 6) is -4.64. The fourth-order valence-corrected chi connectivity index (χ4v) is 3.35. The summed E-state index contributed by atoms with van der Waals surface area (Å²) in [6.07, 6.45) is 2.53. The van der Waals surface area contributed by atoms with Gasteiger partial charge in [-0.15, -0.1) is 24.0 Å². The van der Waals surface area contributed by atoms with Crippen LogP contribution in [0.4, 0.5) is 18.9 Å². The van der Waals surface area contributed by atoms with E-state index in [1.165, 1.54) is 18.4 Å². The smallest absolute Gasteiger partial charge is 0.243 e. The molecule has 3 N–H and O–H groups in total. The lowest BCUT2D eigenvalue weighted by Crippen LogP contribution is -2.41. The molecule has 0 aliphatic carbocycles. The van der Waals surface area contributed by atoms with E-state index in [4.69, 9.17) is 0 Å². The monoisotopic (exact) mass is 561 g/mol. The zero-order valence-corrected chi connectivity index (χ0v) is 20.1. The van der Waals surface area contributed by atoms with Crippen LogP contribution in [0.3, 0.4) is 0 Å². The summed E-state index contributed by atoms with van der Waals surface area (Å²) >= 11 is 0. The Morgan fingerprint density at radius 1 is 0.969 bits per heavy atom. The molecule has 174 valence electrons. The van der Waals surface area contributed by atoms with E-state index >= 15 is 0 Å². The predicted molar refractivity (Wildman–Crippen MR) is 130 cm³/mol. The van der Waals surface area contributed by atoms with Crippen molar-refractivity contribution in [1.82, 2.24) is 15.5 Å². The van der Waals surface area contributed by atoms with E-state index < -0.39 is 29.0 Å². The number of nitrogens with zero attached hydrogens (tertiary/aromatic N) is 2. The number of carbonyl (C=O) groups is 1. The second-order valence-electron chi connectivity index (χ2n) is 7.35. The molecule has 1 fully saturated rings. The molecule has 0 radical (unpaired) electrons. The Bertz CT molecular complexity index is 934. The Labute approximate surface area is 202 Å². The minimum atomic E-state index is -1.63. The highest BCUT2D eigenvalue weighted by Crippen LogP contribution is 2.19. The number of hydrogen-bond donors (Lipinski definition) is 3. The number of carbonyl (C=O) groups excluding carboxylic acids is 1. The number of guanidine groups is 1. The predicted octanol–water partition coefficient (Wildman–Crippen LogP) is 3.62. The SMILES string of the molecule is CN=C(NCC(=O)Nc1ccc(F)c(F)c1F)NCc1ccc(CN2CCCC2)cc1.I. The average molecular weight is 561 g/mol. The maximum atomic E-state index is 13.6. The second kappa shape index (κ2) is 12.6. The van der Waals surface area contributed by atoms with E-state index in [0.29, 0.717) is 12.5 Å². The normalized spacial score (nSPS) is 14.1. The molecule has 32 heavy (non-hydrogen) atoms. The Morgan fingerprint density at radius 2 is 1.62 bits per heavy atom. The lowest BCUT2D eigenvalue weighted by atomic mass is 10.1. The standard InChI is InChI=1S/C22H26F3N5O.HI/c1-26-22(28-13-19(31)29-18-9-8-17(23)20(24)21(18)25)27-12-15-4-6-16(7-5-15)14-30-10-2-3-11-30;/h4-9H,2-3,10-14H2,1H3,(H,29,31)(H2,26,27,28);1H. The van der Waals surface area contributed by atoms with E-state index in [-0.39, 0.29) is 30.5 Å². The largest absolute Gasteiger partial charge is 0.352 e. The number of likely N-dealkylation sites (tertiary alicyclic amines) is 1. The molecular formula is C22H27F3IN5O. The minimum absolute atomic E-state index is 0. The molecule has 2 aromatic carbocycles. The Morgan fingerprint density at radius 3 is 2.28 bits per heavy atom. The van der Waals surface area contributed by atoms with Crippen LogP contribution in [0.15, 0.2) is 41.4 Å². The molecule has 1 saturated heterocycles. The van der Waals surface area contributed by atoms with Crippen molar-refractivity contribution < 1.29 is 18.0 Å². The van der Waals surface area contributed by atoms with Crippen LogP contribution in [-0.4, -0.2) is 43.4 Å². The third kappa shape index (κ3) is 7.37. The van der Waals surface area contributed by atoms with E-state index in [0.717, 1.165) is 37.3 Å². The maximum absolute atomic E-state index is 13.6. The van der Waals surface area contributed by atoms with Gasteiger partial charge in [0, 0.05) is 20.1 Å². The molecule has 1 aliphatic heterocycles. The molecular weight excluding hydrogens is 534 g/mol. The number of aliphatic imine (C=N–C) groups is 1. The zero-order valence-electron chi connectivity index (χ0n) is 17.8. The molecule has 0 unspecified atom stereocenters. The molecule has 2 aromatic rings. The zero-order chi connectivity index (χ0) is 22.2. The van der Waals surface area contributed by atoms with E-state index in [1.807, 2.05) is 12.1 Å². The van der Waals surface area contributed by atoms with Gasteiger partial charge in [-0.2, -0.15) is 0 Å². The summed E-state index contributed by atoms with van der Waals surface area (Å²) in [7, 11) is 1.56. The van der Waals surface area contributed by atoms with Crippen LogP contribution in [-0.2, 0) is 17.9 Å². The first-order chi connectivity index (χ1) is 15.0. The van der Waals surface area contributed by atoms with Gasteiger partial charge in [0.2, 0.25) is 5.91 Å². The third-order valence-corrected chi connectivity index (χ3v) is 5.04. The molecule has 6 nitrogen and oxygen atoms in total.